The van der Waals surface area contributed by atoms with E-state index in [9.17, 15) is 5.11 Å². The minimum absolute atomic E-state index is 0.618. The van der Waals surface area contributed by atoms with Gasteiger partial charge in [0.2, 0.25) is 0 Å². The molecule has 1 heterocycles. The molecule has 0 atom stereocenters. The molecule has 0 radical (unpaired) electrons. The highest BCUT2D eigenvalue weighted by atomic mass is 16.3. The number of hydrogen-bond donors (Lipinski definition) is 2. The molecular weight excluding hydrogens is 186 g/mol. The molecule has 82 valence electrons. The Morgan fingerprint density at radius 2 is 2.20 bits per heavy atom. The van der Waals surface area contributed by atoms with Gasteiger partial charge in [-0.2, -0.15) is 0 Å². The summed E-state index contributed by atoms with van der Waals surface area (Å²) in [5.74, 6) is 0. The summed E-state index contributed by atoms with van der Waals surface area (Å²) in [5, 5.41) is 13.2. The minimum atomic E-state index is -0.618. The van der Waals surface area contributed by atoms with Crippen LogP contribution in [0.25, 0.3) is 0 Å². The largest absolute Gasteiger partial charge is 0.390 e. The second kappa shape index (κ2) is 3.95. The SMILES string of the molecule is CC(C)(O)Cc1cccc2c1CNCC2. The molecule has 0 spiro atoms. The maximum absolute atomic E-state index is 9.85. The highest BCUT2D eigenvalue weighted by Gasteiger charge is 2.18. The fraction of sp³-hybridized carbons (Fsp3) is 0.538. The molecule has 1 aliphatic heterocycles. The lowest BCUT2D eigenvalue weighted by Crippen LogP contribution is -2.28. The van der Waals surface area contributed by atoms with Gasteiger partial charge in [-0.25, -0.2) is 0 Å². The quantitative estimate of drug-likeness (QED) is 0.769. The van der Waals surface area contributed by atoms with E-state index in [2.05, 4.69) is 23.5 Å². The normalized spacial score (nSPS) is 16.2. The molecule has 2 heteroatoms. The van der Waals surface area contributed by atoms with Gasteiger partial charge in [-0.15, -0.1) is 0 Å². The van der Waals surface area contributed by atoms with Gasteiger partial charge >= 0.3 is 0 Å². The molecule has 1 aromatic rings. The van der Waals surface area contributed by atoms with Crippen molar-refractivity contribution in [2.24, 2.45) is 0 Å². The van der Waals surface area contributed by atoms with Crippen LogP contribution in [0, 0.1) is 0 Å². The van der Waals surface area contributed by atoms with Crippen LogP contribution in [0.15, 0.2) is 18.2 Å². The molecule has 0 aliphatic carbocycles. The molecule has 0 unspecified atom stereocenters. The third kappa shape index (κ3) is 2.58. The van der Waals surface area contributed by atoms with Crippen molar-refractivity contribution in [1.29, 1.82) is 0 Å². The molecule has 2 N–H and O–H groups in total. The van der Waals surface area contributed by atoms with Crippen molar-refractivity contribution in [3.8, 4) is 0 Å². The minimum Gasteiger partial charge on any atom is -0.390 e. The summed E-state index contributed by atoms with van der Waals surface area (Å²) in [6, 6.07) is 6.43. The first-order valence-corrected chi connectivity index (χ1v) is 5.59. The van der Waals surface area contributed by atoms with Crippen LogP contribution in [0.2, 0.25) is 0 Å². The molecule has 0 fully saturated rings. The monoisotopic (exact) mass is 205 g/mol. The second-order valence-electron chi connectivity index (χ2n) is 4.97. The third-order valence-electron chi connectivity index (χ3n) is 2.87. The second-order valence-corrected chi connectivity index (χ2v) is 4.97. The van der Waals surface area contributed by atoms with Crippen molar-refractivity contribution in [3.05, 3.63) is 34.9 Å². The lowest BCUT2D eigenvalue weighted by molar-refractivity contribution is 0.0807. The van der Waals surface area contributed by atoms with Crippen LogP contribution in [0.4, 0.5) is 0 Å². The highest BCUT2D eigenvalue weighted by molar-refractivity contribution is 5.37. The van der Waals surface area contributed by atoms with E-state index in [1.807, 2.05) is 13.8 Å². The zero-order valence-corrected chi connectivity index (χ0v) is 9.51. The first-order valence-electron chi connectivity index (χ1n) is 5.59. The van der Waals surface area contributed by atoms with E-state index in [0.717, 1.165) is 25.9 Å². The Hall–Kier alpha value is -0.860. The first-order chi connectivity index (χ1) is 7.06. The smallest absolute Gasteiger partial charge is 0.0632 e. The van der Waals surface area contributed by atoms with E-state index >= 15 is 0 Å². The molecule has 0 amide bonds. The summed E-state index contributed by atoms with van der Waals surface area (Å²) >= 11 is 0. The summed E-state index contributed by atoms with van der Waals surface area (Å²) in [6.07, 6.45) is 1.84. The topological polar surface area (TPSA) is 32.3 Å². The summed E-state index contributed by atoms with van der Waals surface area (Å²) < 4.78 is 0. The van der Waals surface area contributed by atoms with Crippen LogP contribution >= 0.6 is 0 Å². The van der Waals surface area contributed by atoms with Crippen LogP contribution in [0.5, 0.6) is 0 Å². The third-order valence-corrected chi connectivity index (χ3v) is 2.87. The van der Waals surface area contributed by atoms with Crippen molar-refractivity contribution in [2.75, 3.05) is 6.54 Å². The first kappa shape index (κ1) is 10.7. The fourth-order valence-corrected chi connectivity index (χ4v) is 2.22. The van der Waals surface area contributed by atoms with Crippen molar-refractivity contribution in [1.82, 2.24) is 5.32 Å². The van der Waals surface area contributed by atoms with Crippen molar-refractivity contribution in [3.63, 3.8) is 0 Å². The molecule has 1 aromatic carbocycles. The average molecular weight is 205 g/mol. The Labute approximate surface area is 91.3 Å². The Kier molecular flexibility index (Phi) is 2.81. The van der Waals surface area contributed by atoms with Crippen LogP contribution in [-0.4, -0.2) is 17.3 Å². The number of hydrogen-bond acceptors (Lipinski definition) is 2. The van der Waals surface area contributed by atoms with Crippen molar-refractivity contribution in [2.45, 2.75) is 38.8 Å². The predicted molar refractivity (Wildman–Crippen MR) is 61.9 cm³/mol. The van der Waals surface area contributed by atoms with Crippen molar-refractivity contribution < 1.29 is 5.11 Å². The molecule has 2 rings (SSSR count). The van der Waals surface area contributed by atoms with E-state index in [1.54, 1.807) is 0 Å². The summed E-state index contributed by atoms with van der Waals surface area (Å²) in [4.78, 5) is 0. The Bertz CT molecular complexity index is 352. The van der Waals surface area contributed by atoms with Crippen LogP contribution in [0.3, 0.4) is 0 Å². The Morgan fingerprint density at radius 1 is 1.40 bits per heavy atom. The number of nitrogens with one attached hydrogen (secondary N) is 1. The standard InChI is InChI=1S/C13H19NO/c1-13(2,15)8-11-5-3-4-10-6-7-14-9-12(10)11/h3-5,14-15H,6-9H2,1-2H3. The molecule has 2 nitrogen and oxygen atoms in total. The molecule has 0 aromatic heterocycles. The number of aliphatic hydroxyl groups is 1. The average Bonchev–Trinajstić information content (AvgIpc) is 2.16. The van der Waals surface area contributed by atoms with Gasteiger partial charge in [0, 0.05) is 13.0 Å². The van der Waals surface area contributed by atoms with E-state index in [4.69, 9.17) is 0 Å². The highest BCUT2D eigenvalue weighted by Crippen LogP contribution is 2.22. The van der Waals surface area contributed by atoms with Gasteiger partial charge in [0.15, 0.2) is 0 Å². The van der Waals surface area contributed by atoms with Gasteiger partial charge in [0.25, 0.3) is 0 Å². The van der Waals surface area contributed by atoms with Gasteiger partial charge < -0.3 is 10.4 Å². The molecule has 1 aliphatic rings. The van der Waals surface area contributed by atoms with Gasteiger partial charge in [0.1, 0.15) is 0 Å². The summed E-state index contributed by atoms with van der Waals surface area (Å²) in [6.45, 7) is 5.74. The van der Waals surface area contributed by atoms with E-state index in [-0.39, 0.29) is 0 Å². The Balaban J connectivity index is 2.31. The Morgan fingerprint density at radius 3 is 2.93 bits per heavy atom. The maximum Gasteiger partial charge on any atom is 0.0632 e. The number of rotatable bonds is 2. The lowest BCUT2D eigenvalue weighted by Gasteiger charge is -2.24. The predicted octanol–water partition coefficient (Wildman–Crippen LogP) is 1.65. The molecule has 15 heavy (non-hydrogen) atoms. The molecule has 0 saturated carbocycles. The molecule has 0 bridgehead atoms. The molecular formula is C13H19NO. The molecule has 0 saturated heterocycles. The van der Waals surface area contributed by atoms with Gasteiger partial charge in [-0.05, 0) is 43.5 Å². The van der Waals surface area contributed by atoms with Gasteiger partial charge in [-0.3, -0.25) is 0 Å². The van der Waals surface area contributed by atoms with E-state index in [0.29, 0.717) is 0 Å². The van der Waals surface area contributed by atoms with E-state index < -0.39 is 5.60 Å². The number of benzene rings is 1. The summed E-state index contributed by atoms with van der Waals surface area (Å²) in [7, 11) is 0. The van der Waals surface area contributed by atoms with Crippen molar-refractivity contribution >= 4 is 0 Å². The van der Waals surface area contributed by atoms with Crippen LogP contribution in [-0.2, 0) is 19.4 Å². The number of fused-ring (bicyclic) bond motifs is 1. The van der Waals surface area contributed by atoms with Gasteiger partial charge in [0.05, 0.1) is 5.60 Å². The lowest BCUT2D eigenvalue weighted by atomic mass is 9.90. The zero-order valence-electron chi connectivity index (χ0n) is 9.51. The van der Waals surface area contributed by atoms with Crippen LogP contribution < -0.4 is 5.32 Å². The maximum atomic E-state index is 9.85. The fourth-order valence-electron chi connectivity index (χ4n) is 2.22. The van der Waals surface area contributed by atoms with E-state index in [1.165, 1.54) is 16.7 Å². The van der Waals surface area contributed by atoms with Crippen LogP contribution in [0.1, 0.15) is 30.5 Å². The zero-order chi connectivity index (χ0) is 10.9. The van der Waals surface area contributed by atoms with Gasteiger partial charge in [-0.1, -0.05) is 18.2 Å². The summed E-state index contributed by atoms with van der Waals surface area (Å²) in [5.41, 5.74) is 3.50.